The van der Waals surface area contributed by atoms with Gasteiger partial charge in [0.05, 0.1) is 6.04 Å². The largest absolute Gasteiger partial charge is 0.319 e. The van der Waals surface area contributed by atoms with Gasteiger partial charge in [-0.3, -0.25) is 10.1 Å². The summed E-state index contributed by atoms with van der Waals surface area (Å²) in [7, 11) is 0. The molecule has 2 atom stereocenters. The Morgan fingerprint density at radius 2 is 2.00 bits per heavy atom. The highest BCUT2D eigenvalue weighted by molar-refractivity contribution is 6.30. The third-order valence-electron chi connectivity index (χ3n) is 3.72. The van der Waals surface area contributed by atoms with E-state index in [4.69, 9.17) is 11.6 Å². The molecule has 1 N–H and O–H groups in total. The van der Waals surface area contributed by atoms with Gasteiger partial charge in [0.25, 0.3) is 0 Å². The Bertz CT molecular complexity index is 455. The van der Waals surface area contributed by atoms with Gasteiger partial charge in [0, 0.05) is 11.1 Å². The molecule has 0 radical (unpaired) electrons. The molecule has 4 heteroatoms. The van der Waals surface area contributed by atoms with Gasteiger partial charge < -0.3 is 4.90 Å². The second-order valence-electron chi connectivity index (χ2n) is 5.06. The minimum Gasteiger partial charge on any atom is -0.319 e. The molecular formula is C14H17ClN2O. The van der Waals surface area contributed by atoms with Crippen LogP contribution in [0.3, 0.4) is 0 Å². The van der Waals surface area contributed by atoms with Crippen molar-refractivity contribution in [3.05, 3.63) is 34.9 Å². The minimum absolute atomic E-state index is 0.0206. The molecule has 0 spiro atoms. The quantitative estimate of drug-likeness (QED) is 0.910. The van der Waals surface area contributed by atoms with Crippen LogP contribution in [0.25, 0.3) is 0 Å². The van der Waals surface area contributed by atoms with Gasteiger partial charge >= 0.3 is 0 Å². The van der Waals surface area contributed by atoms with Crippen molar-refractivity contribution in [3.63, 3.8) is 0 Å². The van der Waals surface area contributed by atoms with E-state index in [1.54, 1.807) is 0 Å². The first-order valence-corrected chi connectivity index (χ1v) is 6.92. The van der Waals surface area contributed by atoms with Crippen LogP contribution in [0.5, 0.6) is 0 Å². The maximum absolute atomic E-state index is 12.3. The first-order valence-electron chi connectivity index (χ1n) is 6.54. The number of hydrogen-bond donors (Lipinski definition) is 1. The lowest BCUT2D eigenvalue weighted by Crippen LogP contribution is -2.32. The number of rotatable bonds is 3. The van der Waals surface area contributed by atoms with Gasteiger partial charge in [-0.1, -0.05) is 30.7 Å². The topological polar surface area (TPSA) is 32.3 Å². The molecule has 96 valence electrons. The summed E-state index contributed by atoms with van der Waals surface area (Å²) < 4.78 is 0. The number of halogens is 1. The van der Waals surface area contributed by atoms with Crippen LogP contribution in [-0.2, 0) is 4.79 Å². The molecule has 3 rings (SSSR count). The summed E-state index contributed by atoms with van der Waals surface area (Å²) in [5.41, 5.74) is 1.12. The summed E-state index contributed by atoms with van der Waals surface area (Å²) in [4.78, 5) is 14.3. The van der Waals surface area contributed by atoms with Crippen LogP contribution in [0.2, 0.25) is 5.02 Å². The number of carbonyl (C=O) groups is 1. The maximum Gasteiger partial charge on any atom is 0.241 e. The van der Waals surface area contributed by atoms with Crippen LogP contribution in [0.1, 0.15) is 37.9 Å². The lowest BCUT2D eigenvalue weighted by molar-refractivity contribution is -0.130. The summed E-state index contributed by atoms with van der Waals surface area (Å²) >= 11 is 5.91. The van der Waals surface area contributed by atoms with Crippen LogP contribution in [0.4, 0.5) is 0 Å². The molecule has 2 unspecified atom stereocenters. The van der Waals surface area contributed by atoms with E-state index >= 15 is 0 Å². The van der Waals surface area contributed by atoms with E-state index in [9.17, 15) is 4.79 Å². The van der Waals surface area contributed by atoms with Crippen LogP contribution in [0.15, 0.2) is 24.3 Å². The molecule has 2 aliphatic rings. The summed E-state index contributed by atoms with van der Waals surface area (Å²) in [5, 5.41) is 4.16. The number of benzene rings is 1. The summed E-state index contributed by atoms with van der Waals surface area (Å²) in [6.45, 7) is 2.05. The molecule has 0 aromatic heterocycles. The Morgan fingerprint density at radius 3 is 2.56 bits per heavy atom. The molecule has 3 nitrogen and oxygen atoms in total. The van der Waals surface area contributed by atoms with Crippen molar-refractivity contribution in [2.45, 2.75) is 44.4 Å². The highest BCUT2D eigenvalue weighted by Crippen LogP contribution is 2.37. The molecule has 2 fully saturated rings. The fourth-order valence-corrected chi connectivity index (χ4v) is 2.71. The Labute approximate surface area is 112 Å². The normalized spacial score (nSPS) is 27.9. The van der Waals surface area contributed by atoms with E-state index in [2.05, 4.69) is 5.32 Å². The van der Waals surface area contributed by atoms with Crippen LogP contribution >= 0.6 is 11.6 Å². The number of carbonyl (C=O) groups excluding carboxylic acids is 1. The second kappa shape index (κ2) is 4.56. The first-order chi connectivity index (χ1) is 8.70. The predicted molar refractivity (Wildman–Crippen MR) is 71.3 cm³/mol. The Balaban J connectivity index is 1.89. The highest BCUT2D eigenvalue weighted by atomic mass is 35.5. The van der Waals surface area contributed by atoms with Crippen LogP contribution in [0, 0.1) is 0 Å². The number of amides is 1. The molecule has 1 saturated heterocycles. The SMILES string of the molecule is CCC1NC(c2ccc(Cl)cc2)N(C2CC2)C1=O. The van der Waals surface area contributed by atoms with Crippen LogP contribution in [-0.4, -0.2) is 22.9 Å². The molecule has 1 amide bonds. The minimum atomic E-state index is -0.0359. The van der Waals surface area contributed by atoms with Gasteiger partial charge in [0.2, 0.25) is 5.91 Å². The lowest BCUT2D eigenvalue weighted by atomic mass is 10.1. The van der Waals surface area contributed by atoms with Gasteiger partial charge in [-0.25, -0.2) is 0 Å². The third-order valence-corrected chi connectivity index (χ3v) is 3.98. The van der Waals surface area contributed by atoms with Crippen molar-refractivity contribution in [2.24, 2.45) is 0 Å². The standard InChI is InChI=1S/C14H17ClN2O/c1-2-12-14(18)17(11-7-8-11)13(16-12)9-3-5-10(15)6-4-9/h3-6,11-13,16H,2,7-8H2,1H3. The third kappa shape index (κ3) is 2.02. The maximum atomic E-state index is 12.3. The average Bonchev–Trinajstić information content (AvgIpc) is 3.15. The van der Waals surface area contributed by atoms with Crippen molar-refractivity contribution < 1.29 is 4.79 Å². The Hall–Kier alpha value is -1.06. The Kier molecular flexibility index (Phi) is 3.04. The summed E-state index contributed by atoms with van der Waals surface area (Å²) in [6, 6.07) is 8.16. The predicted octanol–water partition coefficient (Wildman–Crippen LogP) is 2.71. The molecule has 1 aliphatic heterocycles. The molecular weight excluding hydrogens is 248 g/mol. The molecule has 1 aromatic carbocycles. The zero-order chi connectivity index (χ0) is 12.7. The summed E-state index contributed by atoms with van der Waals surface area (Å²) in [6.07, 6.45) is 3.13. The monoisotopic (exact) mass is 264 g/mol. The van der Waals surface area contributed by atoms with Gasteiger partial charge in [0.15, 0.2) is 0 Å². The zero-order valence-electron chi connectivity index (χ0n) is 10.4. The van der Waals surface area contributed by atoms with Gasteiger partial charge in [0.1, 0.15) is 6.17 Å². The van der Waals surface area contributed by atoms with E-state index in [1.807, 2.05) is 36.1 Å². The first kappa shape index (κ1) is 12.0. The van der Waals surface area contributed by atoms with Crippen molar-refractivity contribution in [2.75, 3.05) is 0 Å². The fraction of sp³-hybridized carbons (Fsp3) is 0.500. The number of hydrogen-bond acceptors (Lipinski definition) is 2. The second-order valence-corrected chi connectivity index (χ2v) is 5.49. The van der Waals surface area contributed by atoms with Gasteiger partial charge in [-0.15, -0.1) is 0 Å². The van der Waals surface area contributed by atoms with Crippen molar-refractivity contribution in [1.82, 2.24) is 10.2 Å². The van der Waals surface area contributed by atoms with Crippen molar-refractivity contribution in [3.8, 4) is 0 Å². The van der Waals surface area contributed by atoms with Gasteiger partial charge in [-0.2, -0.15) is 0 Å². The van der Waals surface area contributed by atoms with E-state index in [-0.39, 0.29) is 18.1 Å². The van der Waals surface area contributed by atoms with Crippen LogP contribution < -0.4 is 5.32 Å². The van der Waals surface area contributed by atoms with E-state index in [0.717, 1.165) is 29.8 Å². The van der Waals surface area contributed by atoms with Crippen molar-refractivity contribution >= 4 is 17.5 Å². The molecule has 18 heavy (non-hydrogen) atoms. The van der Waals surface area contributed by atoms with E-state index in [1.165, 1.54) is 0 Å². The number of nitrogens with one attached hydrogen (secondary N) is 1. The smallest absolute Gasteiger partial charge is 0.241 e. The fourth-order valence-electron chi connectivity index (χ4n) is 2.59. The molecule has 1 heterocycles. The lowest BCUT2D eigenvalue weighted by Gasteiger charge is -2.24. The zero-order valence-corrected chi connectivity index (χ0v) is 11.2. The molecule has 1 aromatic rings. The van der Waals surface area contributed by atoms with E-state index < -0.39 is 0 Å². The number of nitrogens with zero attached hydrogens (tertiary/aromatic N) is 1. The van der Waals surface area contributed by atoms with Crippen molar-refractivity contribution in [1.29, 1.82) is 0 Å². The highest BCUT2D eigenvalue weighted by Gasteiger charge is 2.45. The summed E-state index contributed by atoms with van der Waals surface area (Å²) in [5.74, 6) is 0.250. The average molecular weight is 265 g/mol. The van der Waals surface area contributed by atoms with E-state index in [0.29, 0.717) is 6.04 Å². The van der Waals surface area contributed by atoms with Gasteiger partial charge in [-0.05, 0) is 37.0 Å². The Morgan fingerprint density at radius 1 is 1.33 bits per heavy atom. The molecule has 1 aliphatic carbocycles. The molecule has 0 bridgehead atoms. The molecule has 1 saturated carbocycles.